The number of nitrogens with zero attached hydrogens (tertiary/aromatic N) is 1. The lowest BCUT2D eigenvalue weighted by molar-refractivity contribution is -0.141. The van der Waals surface area contributed by atoms with Gasteiger partial charge < -0.3 is 19.7 Å². The average molecular weight is 469 g/mol. The quantitative estimate of drug-likeness (QED) is 0.424. The molecule has 2 aromatic carbocycles. The first kappa shape index (κ1) is 27.2. The summed E-state index contributed by atoms with van der Waals surface area (Å²) in [6.45, 7) is 12.0. The molecule has 0 saturated heterocycles. The van der Waals surface area contributed by atoms with Gasteiger partial charge in [-0.05, 0) is 55.9 Å². The van der Waals surface area contributed by atoms with Gasteiger partial charge >= 0.3 is 0 Å². The fourth-order valence-electron chi connectivity index (χ4n) is 3.77. The Bertz CT molecular complexity index is 899. The lowest BCUT2D eigenvalue weighted by Crippen LogP contribution is -2.49. The zero-order valence-electron chi connectivity index (χ0n) is 21.3. The van der Waals surface area contributed by atoms with Crippen molar-refractivity contribution in [3.63, 3.8) is 0 Å². The van der Waals surface area contributed by atoms with Gasteiger partial charge in [0.15, 0.2) is 11.5 Å². The van der Waals surface area contributed by atoms with E-state index in [-0.39, 0.29) is 11.8 Å². The highest BCUT2D eigenvalue weighted by atomic mass is 16.5. The SMILES string of the molecule is CCOc1ccc(CCC(=O)N(Cc2ccccc2)C(CC)C(=O)NCC(C)C)cc1OCC. The fourth-order valence-corrected chi connectivity index (χ4v) is 3.77. The molecule has 0 spiro atoms. The number of rotatable bonds is 14. The number of carbonyl (C=O) groups is 2. The van der Waals surface area contributed by atoms with Crippen molar-refractivity contribution in [1.29, 1.82) is 0 Å². The number of benzene rings is 2. The van der Waals surface area contributed by atoms with Gasteiger partial charge in [0.2, 0.25) is 11.8 Å². The number of hydrogen-bond acceptors (Lipinski definition) is 4. The monoisotopic (exact) mass is 468 g/mol. The molecule has 34 heavy (non-hydrogen) atoms. The van der Waals surface area contributed by atoms with Crippen molar-refractivity contribution in [2.45, 2.75) is 66.5 Å². The Morgan fingerprint density at radius 3 is 2.21 bits per heavy atom. The second-order valence-electron chi connectivity index (χ2n) is 8.72. The minimum Gasteiger partial charge on any atom is -0.490 e. The van der Waals surface area contributed by atoms with Gasteiger partial charge in [0.1, 0.15) is 6.04 Å². The van der Waals surface area contributed by atoms with E-state index in [0.717, 1.165) is 11.1 Å². The van der Waals surface area contributed by atoms with E-state index in [1.54, 1.807) is 4.90 Å². The second-order valence-corrected chi connectivity index (χ2v) is 8.72. The second kappa shape index (κ2) is 14.3. The number of nitrogens with one attached hydrogen (secondary N) is 1. The molecular formula is C28H40N2O4. The molecule has 0 bridgehead atoms. The number of amides is 2. The highest BCUT2D eigenvalue weighted by Gasteiger charge is 2.28. The molecule has 186 valence electrons. The molecule has 2 aromatic rings. The first-order valence-corrected chi connectivity index (χ1v) is 12.4. The molecule has 6 heteroatoms. The van der Waals surface area contributed by atoms with E-state index >= 15 is 0 Å². The van der Waals surface area contributed by atoms with Crippen LogP contribution in [0.4, 0.5) is 0 Å². The minimum atomic E-state index is -0.509. The molecule has 0 aliphatic rings. The molecule has 1 atom stereocenters. The van der Waals surface area contributed by atoms with E-state index in [1.807, 2.05) is 69.3 Å². The summed E-state index contributed by atoms with van der Waals surface area (Å²) in [4.78, 5) is 28.1. The lowest BCUT2D eigenvalue weighted by atomic mass is 10.1. The number of hydrogen-bond donors (Lipinski definition) is 1. The van der Waals surface area contributed by atoms with E-state index in [9.17, 15) is 9.59 Å². The van der Waals surface area contributed by atoms with Crippen molar-refractivity contribution in [2.24, 2.45) is 5.92 Å². The Kier molecular flexibility index (Phi) is 11.4. The molecule has 1 unspecified atom stereocenters. The maximum atomic E-state index is 13.4. The van der Waals surface area contributed by atoms with Crippen LogP contribution in [0.2, 0.25) is 0 Å². The van der Waals surface area contributed by atoms with Crippen LogP contribution < -0.4 is 14.8 Å². The van der Waals surface area contributed by atoms with Crippen molar-refractivity contribution in [3.8, 4) is 11.5 Å². The van der Waals surface area contributed by atoms with Gasteiger partial charge in [-0.3, -0.25) is 9.59 Å². The standard InChI is InChI=1S/C28H40N2O4/c1-6-24(28(32)29-19-21(4)5)30(20-23-12-10-9-11-13-23)27(31)17-15-22-14-16-25(33-7-2)26(18-22)34-8-3/h9-14,16,18,21,24H,6-8,15,17,19-20H2,1-5H3,(H,29,32). The predicted octanol–water partition coefficient (Wildman–Crippen LogP) is 5.00. The summed E-state index contributed by atoms with van der Waals surface area (Å²) in [6, 6.07) is 15.1. The molecule has 2 rings (SSSR count). The van der Waals surface area contributed by atoms with Crippen molar-refractivity contribution in [2.75, 3.05) is 19.8 Å². The Morgan fingerprint density at radius 2 is 1.59 bits per heavy atom. The van der Waals surface area contributed by atoms with Gasteiger partial charge in [0.25, 0.3) is 0 Å². The Balaban J connectivity index is 2.18. The third kappa shape index (κ3) is 8.40. The maximum absolute atomic E-state index is 13.4. The van der Waals surface area contributed by atoms with Gasteiger partial charge in [-0.1, -0.05) is 57.2 Å². The molecule has 0 aliphatic carbocycles. The predicted molar refractivity (Wildman–Crippen MR) is 136 cm³/mol. The van der Waals surface area contributed by atoms with E-state index in [2.05, 4.69) is 19.2 Å². The van der Waals surface area contributed by atoms with Crippen LogP contribution in [0.5, 0.6) is 11.5 Å². The zero-order chi connectivity index (χ0) is 24.9. The third-order valence-electron chi connectivity index (χ3n) is 5.50. The number of carbonyl (C=O) groups excluding carboxylic acids is 2. The van der Waals surface area contributed by atoms with Crippen LogP contribution in [-0.4, -0.2) is 42.5 Å². The Morgan fingerprint density at radius 1 is 0.912 bits per heavy atom. The lowest BCUT2D eigenvalue weighted by Gasteiger charge is -2.31. The summed E-state index contributed by atoms with van der Waals surface area (Å²) in [5.41, 5.74) is 2.00. The van der Waals surface area contributed by atoms with Gasteiger partial charge in [-0.2, -0.15) is 0 Å². The van der Waals surface area contributed by atoms with Crippen LogP contribution in [0, 0.1) is 5.92 Å². The van der Waals surface area contributed by atoms with E-state index in [1.165, 1.54) is 0 Å². The van der Waals surface area contributed by atoms with Crippen molar-refractivity contribution >= 4 is 11.8 Å². The summed E-state index contributed by atoms with van der Waals surface area (Å²) in [5.74, 6) is 1.61. The third-order valence-corrected chi connectivity index (χ3v) is 5.50. The molecule has 0 heterocycles. The van der Waals surface area contributed by atoms with E-state index in [0.29, 0.717) is 63.0 Å². The Hall–Kier alpha value is -3.02. The van der Waals surface area contributed by atoms with Gasteiger partial charge in [0, 0.05) is 19.5 Å². The largest absolute Gasteiger partial charge is 0.490 e. The van der Waals surface area contributed by atoms with Crippen LogP contribution in [0.15, 0.2) is 48.5 Å². The normalized spacial score (nSPS) is 11.7. The highest BCUT2D eigenvalue weighted by molar-refractivity contribution is 5.87. The van der Waals surface area contributed by atoms with Crippen molar-refractivity contribution in [1.82, 2.24) is 10.2 Å². The van der Waals surface area contributed by atoms with Crippen LogP contribution in [0.25, 0.3) is 0 Å². The van der Waals surface area contributed by atoms with E-state index in [4.69, 9.17) is 9.47 Å². The zero-order valence-corrected chi connectivity index (χ0v) is 21.3. The molecule has 0 fully saturated rings. The van der Waals surface area contributed by atoms with E-state index < -0.39 is 6.04 Å². The van der Waals surface area contributed by atoms with Gasteiger partial charge in [-0.25, -0.2) is 0 Å². The van der Waals surface area contributed by atoms with Crippen LogP contribution in [0.3, 0.4) is 0 Å². The molecule has 6 nitrogen and oxygen atoms in total. The average Bonchev–Trinajstić information content (AvgIpc) is 2.83. The molecule has 2 amide bonds. The van der Waals surface area contributed by atoms with Crippen molar-refractivity contribution < 1.29 is 19.1 Å². The topological polar surface area (TPSA) is 67.9 Å². The smallest absolute Gasteiger partial charge is 0.242 e. The summed E-state index contributed by atoms with van der Waals surface area (Å²) in [6.07, 6.45) is 1.42. The molecular weight excluding hydrogens is 428 g/mol. The highest BCUT2D eigenvalue weighted by Crippen LogP contribution is 2.29. The van der Waals surface area contributed by atoms with Gasteiger partial charge in [-0.15, -0.1) is 0 Å². The number of ether oxygens (including phenoxy) is 2. The molecule has 1 N–H and O–H groups in total. The number of aryl methyl sites for hydroxylation is 1. The first-order valence-electron chi connectivity index (χ1n) is 12.4. The molecule has 0 radical (unpaired) electrons. The van der Waals surface area contributed by atoms with Crippen LogP contribution in [-0.2, 0) is 22.6 Å². The molecule has 0 aromatic heterocycles. The molecule has 0 saturated carbocycles. The summed E-state index contributed by atoms with van der Waals surface area (Å²) in [7, 11) is 0. The minimum absolute atomic E-state index is 0.0396. The maximum Gasteiger partial charge on any atom is 0.242 e. The fraction of sp³-hybridized carbons (Fsp3) is 0.500. The van der Waals surface area contributed by atoms with Crippen LogP contribution in [0.1, 0.15) is 58.6 Å². The molecule has 0 aliphatic heterocycles. The first-order chi connectivity index (χ1) is 16.4. The Labute approximate surface area is 204 Å². The van der Waals surface area contributed by atoms with Crippen LogP contribution >= 0.6 is 0 Å². The van der Waals surface area contributed by atoms with Gasteiger partial charge in [0.05, 0.1) is 13.2 Å². The summed E-state index contributed by atoms with van der Waals surface area (Å²) >= 11 is 0. The summed E-state index contributed by atoms with van der Waals surface area (Å²) < 4.78 is 11.4. The summed E-state index contributed by atoms with van der Waals surface area (Å²) in [5, 5.41) is 3.00. The van der Waals surface area contributed by atoms with Crippen molar-refractivity contribution in [3.05, 3.63) is 59.7 Å².